The quantitative estimate of drug-likeness (QED) is 0.389. The van der Waals surface area contributed by atoms with Crippen molar-refractivity contribution < 1.29 is 44.0 Å². The fourth-order valence-corrected chi connectivity index (χ4v) is 12.2. The van der Waals surface area contributed by atoms with E-state index in [4.69, 9.17) is 0 Å². The van der Waals surface area contributed by atoms with Gasteiger partial charge in [0.15, 0.2) is 0 Å². The fourth-order valence-electron chi connectivity index (χ4n) is 4.93. The Labute approximate surface area is 214 Å². The van der Waals surface area contributed by atoms with E-state index in [-0.39, 0.29) is 57.3 Å². The Bertz CT molecular complexity index is 867. The minimum Gasteiger partial charge on any atom is -1.00 e. The predicted octanol–water partition coefficient (Wildman–Crippen LogP) is 2.62. The molecule has 0 N–H and O–H groups in total. The zero-order chi connectivity index (χ0) is 21.5. The molecule has 1 atom stereocenters. The van der Waals surface area contributed by atoms with E-state index in [1.165, 1.54) is 17.9 Å². The summed E-state index contributed by atoms with van der Waals surface area (Å²) in [5.41, 5.74) is 8.13. The molecule has 0 aromatic heterocycles. The Kier molecular flexibility index (Phi) is 10.9. The molecule has 0 aliphatic heterocycles. The van der Waals surface area contributed by atoms with Gasteiger partial charge < -0.3 is 24.8 Å². The number of fused-ring (bicyclic) bond motifs is 1. The standard InChI is InChI=1S/C17H24P.C10H15.2ClH.Ti/c1-13(2)11-18(12-14(3)4)17-9-15-7-5-6-8-16(15)10-17;1-7-6-10(4,5)9(3)8(7)2;;;/h5-10,13-14H,11-12H2,1-4H3;1-5H3;2*1H;/q;;;;+2/p-2. The Morgan fingerprint density at radius 2 is 1.45 bits per heavy atom. The molecule has 0 fully saturated rings. The molecule has 1 aromatic rings. The third-order valence-electron chi connectivity index (χ3n) is 6.79. The van der Waals surface area contributed by atoms with E-state index in [1.807, 2.05) is 5.31 Å². The van der Waals surface area contributed by atoms with Crippen LogP contribution in [0.1, 0.15) is 77.7 Å². The van der Waals surface area contributed by atoms with Crippen LogP contribution in [-0.4, -0.2) is 12.3 Å². The molecule has 3 rings (SSSR count). The number of hydrogen-bond acceptors (Lipinski definition) is 0. The summed E-state index contributed by atoms with van der Waals surface area (Å²) < 4.78 is 2.49. The number of hydrogen-bond donors (Lipinski definition) is 0. The molecule has 0 heterocycles. The van der Waals surface area contributed by atoms with Crippen molar-refractivity contribution in [2.24, 2.45) is 17.3 Å². The molecule has 2 aliphatic carbocycles. The summed E-state index contributed by atoms with van der Waals surface area (Å²) in [7, 11) is -0.0576. The van der Waals surface area contributed by atoms with Crippen LogP contribution in [0.2, 0.25) is 0 Å². The second-order valence-corrected chi connectivity index (χ2v) is 14.8. The Morgan fingerprint density at radius 3 is 1.94 bits per heavy atom. The van der Waals surface area contributed by atoms with Crippen LogP contribution in [0.3, 0.4) is 0 Å². The van der Waals surface area contributed by atoms with E-state index in [1.54, 1.807) is 26.2 Å². The van der Waals surface area contributed by atoms with Crippen LogP contribution in [0.15, 0.2) is 50.2 Å². The molecule has 170 valence electrons. The maximum atomic E-state index is 2.62. The predicted molar refractivity (Wildman–Crippen MR) is 128 cm³/mol. The number of rotatable bonds is 7. The zero-order valence-corrected chi connectivity index (χ0v) is 24.7. The van der Waals surface area contributed by atoms with Gasteiger partial charge in [0.25, 0.3) is 0 Å². The number of benzene rings is 1. The summed E-state index contributed by atoms with van der Waals surface area (Å²) in [6.07, 6.45) is 5.38. The van der Waals surface area contributed by atoms with Crippen molar-refractivity contribution in [2.45, 2.75) is 66.5 Å². The van der Waals surface area contributed by atoms with Crippen LogP contribution < -0.4 is 24.8 Å². The summed E-state index contributed by atoms with van der Waals surface area (Å²) >= 11 is -0.270. The number of allylic oxidation sites excluding steroid dienone is 5. The van der Waals surface area contributed by atoms with Gasteiger partial charge in [0, 0.05) is 0 Å². The smallest absolute Gasteiger partial charge is 1.00 e. The third-order valence-corrected chi connectivity index (χ3v) is 14.1. The average molecular weight is 513 g/mol. The van der Waals surface area contributed by atoms with Crippen LogP contribution in [0.4, 0.5) is 0 Å². The average Bonchev–Trinajstić information content (AvgIpc) is 3.06. The Balaban J connectivity index is 0.00000240. The first kappa shape index (κ1) is 29.2. The summed E-state index contributed by atoms with van der Waals surface area (Å²) in [4.78, 5) is 0. The summed E-state index contributed by atoms with van der Waals surface area (Å²) in [6.45, 7) is 21.7. The van der Waals surface area contributed by atoms with E-state index in [0.29, 0.717) is 4.22 Å². The van der Waals surface area contributed by atoms with Gasteiger partial charge in [-0.3, -0.25) is 0 Å². The maximum Gasteiger partial charge on any atom is -1.00 e. The molecule has 1 unspecified atom stereocenters. The summed E-state index contributed by atoms with van der Waals surface area (Å²) in [5.74, 6) is 1.56. The zero-order valence-electron chi connectivity index (χ0n) is 20.7. The molecule has 0 saturated carbocycles. The summed E-state index contributed by atoms with van der Waals surface area (Å²) in [5, 5.41) is 1.82. The van der Waals surface area contributed by atoms with Crippen LogP contribution in [0, 0.1) is 17.3 Å². The molecule has 2 aliphatic rings. The van der Waals surface area contributed by atoms with Gasteiger partial charge in [0.05, 0.1) is 0 Å². The second-order valence-electron chi connectivity index (χ2n) is 10.3. The van der Waals surface area contributed by atoms with Crippen molar-refractivity contribution in [1.29, 1.82) is 0 Å². The first-order chi connectivity index (χ1) is 13.5. The Hall–Kier alpha value is 0.164. The maximum absolute atomic E-state index is 2.62. The minimum atomic E-state index is -0.270. The number of halogens is 2. The van der Waals surface area contributed by atoms with Crippen LogP contribution in [0.25, 0.3) is 6.08 Å². The van der Waals surface area contributed by atoms with Gasteiger partial charge in [0.1, 0.15) is 0 Å². The van der Waals surface area contributed by atoms with E-state index >= 15 is 0 Å². The molecule has 0 amide bonds. The first-order valence-corrected chi connectivity index (χ1v) is 14.6. The second kappa shape index (κ2) is 11.5. The molecule has 0 saturated heterocycles. The molecular formula is C27H39Cl2PTi. The van der Waals surface area contributed by atoms with Gasteiger partial charge in [0.2, 0.25) is 0 Å². The largest absolute Gasteiger partial charge is 1.00 e. The fraction of sp³-hybridized carbons (Fsp3) is 0.556. The van der Waals surface area contributed by atoms with E-state index < -0.39 is 0 Å². The molecule has 0 radical (unpaired) electrons. The SMILES string of the molecule is CC1=C(C)C(C)(C)[C]([Ti+2][CH]2C(P(CC(C)C)CC(C)C)=Cc3ccccc32)=C1C.[Cl-].[Cl-]. The van der Waals surface area contributed by atoms with Gasteiger partial charge in [-0.05, 0) is 0 Å². The topological polar surface area (TPSA) is 0 Å². The van der Waals surface area contributed by atoms with Crippen LogP contribution in [0.5, 0.6) is 0 Å². The van der Waals surface area contributed by atoms with E-state index in [9.17, 15) is 0 Å². The van der Waals surface area contributed by atoms with Gasteiger partial charge >= 0.3 is 191 Å². The molecule has 1 aromatic carbocycles. The van der Waals surface area contributed by atoms with Crippen LogP contribution >= 0.6 is 7.92 Å². The van der Waals surface area contributed by atoms with Crippen molar-refractivity contribution in [2.75, 3.05) is 12.3 Å². The van der Waals surface area contributed by atoms with E-state index in [0.717, 1.165) is 11.8 Å². The Morgan fingerprint density at radius 1 is 0.903 bits per heavy atom. The van der Waals surface area contributed by atoms with E-state index in [2.05, 4.69) is 92.7 Å². The molecule has 31 heavy (non-hydrogen) atoms. The molecule has 4 heteroatoms. The van der Waals surface area contributed by atoms with Gasteiger partial charge in [-0.2, -0.15) is 0 Å². The third kappa shape index (κ3) is 6.00. The van der Waals surface area contributed by atoms with Gasteiger partial charge in [-0.15, -0.1) is 0 Å². The van der Waals surface area contributed by atoms with Gasteiger partial charge in [-0.25, -0.2) is 0 Å². The first-order valence-electron chi connectivity index (χ1n) is 11.3. The summed E-state index contributed by atoms with van der Waals surface area (Å²) in [6, 6.07) is 9.27. The van der Waals surface area contributed by atoms with Crippen molar-refractivity contribution in [3.63, 3.8) is 0 Å². The van der Waals surface area contributed by atoms with Crippen LogP contribution in [-0.2, 0) is 19.2 Å². The molecule has 0 nitrogen and oxygen atoms in total. The normalized spacial score (nSPS) is 19.5. The van der Waals surface area contributed by atoms with Crippen molar-refractivity contribution in [3.05, 3.63) is 61.3 Å². The molecule has 0 spiro atoms. The molecular weight excluding hydrogens is 474 g/mol. The molecule has 0 bridgehead atoms. The van der Waals surface area contributed by atoms with Crippen molar-refractivity contribution in [3.8, 4) is 0 Å². The van der Waals surface area contributed by atoms with Crippen molar-refractivity contribution in [1.82, 2.24) is 0 Å². The monoisotopic (exact) mass is 512 g/mol. The minimum absolute atomic E-state index is 0. The van der Waals surface area contributed by atoms with Crippen molar-refractivity contribution >= 4 is 14.0 Å². The van der Waals surface area contributed by atoms with Gasteiger partial charge in [-0.1, -0.05) is 0 Å².